The Labute approximate surface area is 135 Å². The Kier molecular flexibility index (Phi) is 3.20. The molecule has 3 aromatic rings. The Hall–Kier alpha value is -2.60. The van der Waals surface area contributed by atoms with E-state index in [1.54, 1.807) is 23.9 Å². The van der Waals surface area contributed by atoms with Gasteiger partial charge >= 0.3 is 5.97 Å². The predicted octanol–water partition coefficient (Wildman–Crippen LogP) is 3.98. The van der Waals surface area contributed by atoms with Crippen LogP contribution >= 0.6 is 11.8 Å². The number of carboxylic acid groups (broad SMARTS) is 1. The van der Waals surface area contributed by atoms with E-state index < -0.39 is 5.97 Å². The van der Waals surface area contributed by atoms with Gasteiger partial charge in [0.2, 0.25) is 0 Å². The zero-order valence-electron chi connectivity index (χ0n) is 11.9. The van der Waals surface area contributed by atoms with Crippen LogP contribution in [0.3, 0.4) is 0 Å². The molecule has 6 heteroatoms. The van der Waals surface area contributed by atoms with Crippen LogP contribution in [0.5, 0.6) is 0 Å². The molecule has 0 saturated carbocycles. The molecular weight excluding hydrogens is 315 g/mol. The standard InChI is InChI=1S/C17H11FN2O2S/c18-10-4-3-5-11(8-10)20-16-12-6-1-2-7-14(12)23-9-13(16)15(19-20)17(21)22/h1-8H,9H2,(H,21,22). The molecule has 1 aromatic heterocycles. The second-order valence-corrected chi connectivity index (χ2v) is 6.17. The Balaban J connectivity index is 2.04. The molecule has 0 saturated heterocycles. The van der Waals surface area contributed by atoms with Gasteiger partial charge in [0.25, 0.3) is 0 Å². The molecule has 0 aliphatic carbocycles. The topological polar surface area (TPSA) is 55.1 Å². The summed E-state index contributed by atoms with van der Waals surface area (Å²) >= 11 is 1.58. The van der Waals surface area contributed by atoms with Crippen molar-refractivity contribution in [2.75, 3.05) is 0 Å². The number of fused-ring (bicyclic) bond motifs is 3. The number of aromatic nitrogens is 2. The Bertz CT molecular complexity index is 936. The number of benzene rings is 2. The summed E-state index contributed by atoms with van der Waals surface area (Å²) < 4.78 is 15.1. The molecule has 0 amide bonds. The van der Waals surface area contributed by atoms with Crippen molar-refractivity contribution < 1.29 is 14.3 Å². The van der Waals surface area contributed by atoms with Gasteiger partial charge in [0.05, 0.1) is 11.4 Å². The molecule has 4 nitrogen and oxygen atoms in total. The highest BCUT2D eigenvalue weighted by molar-refractivity contribution is 7.98. The number of halogens is 1. The summed E-state index contributed by atoms with van der Waals surface area (Å²) in [4.78, 5) is 12.6. The Morgan fingerprint density at radius 1 is 1.22 bits per heavy atom. The predicted molar refractivity (Wildman–Crippen MR) is 85.5 cm³/mol. The average Bonchev–Trinajstić information content (AvgIpc) is 2.95. The molecule has 0 fully saturated rings. The van der Waals surface area contributed by atoms with E-state index in [4.69, 9.17) is 0 Å². The van der Waals surface area contributed by atoms with Crippen LogP contribution in [0.4, 0.5) is 4.39 Å². The van der Waals surface area contributed by atoms with Crippen molar-refractivity contribution in [3.05, 3.63) is 65.6 Å². The lowest BCUT2D eigenvalue weighted by Gasteiger charge is -2.18. The van der Waals surface area contributed by atoms with Crippen molar-refractivity contribution in [1.82, 2.24) is 9.78 Å². The zero-order chi connectivity index (χ0) is 16.0. The lowest BCUT2D eigenvalue weighted by atomic mass is 10.1. The minimum absolute atomic E-state index is 0.0197. The van der Waals surface area contributed by atoms with Gasteiger partial charge in [-0.3, -0.25) is 0 Å². The van der Waals surface area contributed by atoms with Crippen molar-refractivity contribution >= 4 is 17.7 Å². The molecule has 1 aliphatic heterocycles. The maximum Gasteiger partial charge on any atom is 0.356 e. The van der Waals surface area contributed by atoms with E-state index in [0.717, 1.165) is 16.2 Å². The molecule has 0 atom stereocenters. The molecule has 1 N–H and O–H groups in total. The van der Waals surface area contributed by atoms with Gasteiger partial charge in [-0.2, -0.15) is 5.10 Å². The summed E-state index contributed by atoms with van der Waals surface area (Å²) in [5.41, 5.74) is 2.84. The first-order valence-electron chi connectivity index (χ1n) is 6.98. The molecule has 2 heterocycles. The van der Waals surface area contributed by atoms with Gasteiger partial charge in [0.15, 0.2) is 5.69 Å². The number of nitrogens with zero attached hydrogens (tertiary/aromatic N) is 2. The highest BCUT2D eigenvalue weighted by Gasteiger charge is 2.29. The van der Waals surface area contributed by atoms with E-state index in [0.29, 0.717) is 17.0 Å². The van der Waals surface area contributed by atoms with Crippen molar-refractivity contribution in [2.24, 2.45) is 0 Å². The number of carbonyl (C=O) groups is 1. The number of aromatic carboxylic acids is 1. The van der Waals surface area contributed by atoms with E-state index in [-0.39, 0.29) is 11.5 Å². The highest BCUT2D eigenvalue weighted by Crippen LogP contribution is 2.43. The summed E-state index contributed by atoms with van der Waals surface area (Å²) in [5.74, 6) is -0.929. The summed E-state index contributed by atoms with van der Waals surface area (Å²) in [5, 5.41) is 13.7. The van der Waals surface area contributed by atoms with Gasteiger partial charge in [-0.05, 0) is 24.3 Å². The molecule has 2 aromatic carbocycles. The third kappa shape index (κ3) is 2.22. The SMILES string of the molecule is O=C(O)c1nn(-c2cccc(F)c2)c2c1CSc1ccccc1-2. The van der Waals surface area contributed by atoms with E-state index >= 15 is 0 Å². The number of hydrogen-bond acceptors (Lipinski definition) is 3. The normalized spacial score (nSPS) is 12.6. The quantitative estimate of drug-likeness (QED) is 0.774. The molecule has 0 bridgehead atoms. The maximum absolute atomic E-state index is 13.6. The third-order valence-corrected chi connectivity index (χ3v) is 4.85. The first-order chi connectivity index (χ1) is 11.1. The minimum Gasteiger partial charge on any atom is -0.476 e. The minimum atomic E-state index is -1.07. The molecule has 0 spiro atoms. The summed E-state index contributed by atoms with van der Waals surface area (Å²) in [6, 6.07) is 13.8. The molecule has 0 radical (unpaired) electrons. The molecular formula is C17H11FN2O2S. The Morgan fingerprint density at radius 3 is 2.83 bits per heavy atom. The fourth-order valence-electron chi connectivity index (χ4n) is 2.77. The van der Waals surface area contributed by atoms with Crippen LogP contribution in [-0.2, 0) is 5.75 Å². The molecule has 114 valence electrons. The van der Waals surface area contributed by atoms with Crippen LogP contribution in [0.15, 0.2) is 53.4 Å². The van der Waals surface area contributed by atoms with Gasteiger partial charge in [-0.1, -0.05) is 24.3 Å². The lowest BCUT2D eigenvalue weighted by molar-refractivity contribution is 0.0689. The summed E-state index contributed by atoms with van der Waals surface area (Å²) in [6.45, 7) is 0. The van der Waals surface area contributed by atoms with Crippen LogP contribution in [0.1, 0.15) is 16.1 Å². The van der Waals surface area contributed by atoms with Crippen molar-refractivity contribution in [1.29, 1.82) is 0 Å². The van der Waals surface area contributed by atoms with Crippen molar-refractivity contribution in [3.63, 3.8) is 0 Å². The smallest absolute Gasteiger partial charge is 0.356 e. The summed E-state index contributed by atoms with van der Waals surface area (Å²) in [6.07, 6.45) is 0. The first-order valence-corrected chi connectivity index (χ1v) is 7.97. The second kappa shape index (κ2) is 5.24. The van der Waals surface area contributed by atoms with Gasteiger partial charge in [0.1, 0.15) is 5.82 Å². The Morgan fingerprint density at radius 2 is 2.04 bits per heavy atom. The monoisotopic (exact) mass is 326 g/mol. The maximum atomic E-state index is 13.6. The molecule has 0 unspecified atom stereocenters. The van der Waals surface area contributed by atoms with E-state index in [1.807, 2.05) is 24.3 Å². The molecule has 4 rings (SSSR count). The molecule has 23 heavy (non-hydrogen) atoms. The van der Waals surface area contributed by atoms with Gasteiger partial charge in [0, 0.05) is 21.8 Å². The fraction of sp³-hybridized carbons (Fsp3) is 0.0588. The highest BCUT2D eigenvalue weighted by atomic mass is 32.2. The molecule has 1 aliphatic rings. The van der Waals surface area contributed by atoms with Gasteiger partial charge in [-0.15, -0.1) is 11.8 Å². The van der Waals surface area contributed by atoms with Crippen LogP contribution in [0.25, 0.3) is 16.9 Å². The number of thioether (sulfide) groups is 1. The zero-order valence-corrected chi connectivity index (χ0v) is 12.7. The van der Waals surface area contributed by atoms with Crippen molar-refractivity contribution in [3.8, 4) is 16.9 Å². The van der Waals surface area contributed by atoms with Crippen LogP contribution in [-0.4, -0.2) is 20.9 Å². The van der Waals surface area contributed by atoms with Crippen molar-refractivity contribution in [2.45, 2.75) is 10.6 Å². The van der Waals surface area contributed by atoms with Gasteiger partial charge < -0.3 is 5.11 Å². The van der Waals surface area contributed by atoms with Crippen LogP contribution < -0.4 is 0 Å². The van der Waals surface area contributed by atoms with Crippen LogP contribution in [0, 0.1) is 5.82 Å². The van der Waals surface area contributed by atoms with E-state index in [1.165, 1.54) is 16.8 Å². The van der Waals surface area contributed by atoms with Gasteiger partial charge in [-0.25, -0.2) is 13.9 Å². The number of rotatable bonds is 2. The average molecular weight is 326 g/mol. The van der Waals surface area contributed by atoms with E-state index in [2.05, 4.69) is 5.10 Å². The first kappa shape index (κ1) is 14.0. The number of carboxylic acids is 1. The largest absolute Gasteiger partial charge is 0.476 e. The summed E-state index contributed by atoms with van der Waals surface area (Å²) in [7, 11) is 0. The number of hydrogen-bond donors (Lipinski definition) is 1. The lowest BCUT2D eigenvalue weighted by Crippen LogP contribution is -2.03. The fourth-order valence-corrected chi connectivity index (χ4v) is 3.84. The third-order valence-electron chi connectivity index (χ3n) is 3.75. The second-order valence-electron chi connectivity index (χ2n) is 5.16. The van der Waals surface area contributed by atoms with Crippen LogP contribution in [0.2, 0.25) is 0 Å². The van der Waals surface area contributed by atoms with E-state index in [9.17, 15) is 14.3 Å².